The maximum atomic E-state index is 14.2. The van der Waals surface area contributed by atoms with Crippen molar-refractivity contribution >= 4 is 53.7 Å². The molecule has 0 radical (unpaired) electrons. The first-order valence-corrected chi connectivity index (χ1v) is 21.3. The van der Waals surface area contributed by atoms with Gasteiger partial charge >= 0.3 is 53.7 Å². The normalized spacial score (nSPS) is 19.0. The Hall–Kier alpha value is -4.77. The van der Waals surface area contributed by atoms with Crippen molar-refractivity contribution in [1.82, 2.24) is 0 Å². The lowest BCUT2D eigenvalue weighted by atomic mass is 9.56. The number of esters is 9. The monoisotopic (exact) mass is 931 g/mol. The molecular formula is C47H78O18. The fourth-order valence-corrected chi connectivity index (χ4v) is 11.1. The lowest BCUT2D eigenvalue weighted by molar-refractivity contribution is -0.173. The first-order chi connectivity index (χ1) is 29.5. The zero-order valence-electron chi connectivity index (χ0n) is 42.7. The van der Waals surface area contributed by atoms with Crippen LogP contribution < -0.4 is 0 Å². The van der Waals surface area contributed by atoms with Crippen LogP contribution in [0.25, 0.3) is 0 Å². The Bertz CT molecular complexity index is 1770. The Morgan fingerprint density at radius 2 is 0.385 bits per heavy atom. The van der Waals surface area contributed by atoms with Crippen molar-refractivity contribution in [3.05, 3.63) is 0 Å². The van der Waals surface area contributed by atoms with Crippen LogP contribution in [0.1, 0.15) is 134 Å². The van der Waals surface area contributed by atoms with Gasteiger partial charge in [0.05, 0.1) is 113 Å². The van der Waals surface area contributed by atoms with Crippen LogP contribution in [0.2, 0.25) is 0 Å². The SMILES string of the molecule is CCC(C)(CC(C)(CC(C)(CC(C)(CC(C)(CC(C)(CC(C)(CC(C)(CC(C)(C)C(=O)OC)C(=O)OC)C(=O)OC)C(=O)OC)C(=O)OC)C(=O)OC)C(=O)OC)C(=O)OC)C(=O)OC. The fraction of sp³-hybridized carbons (Fsp3) is 0.809. The first-order valence-electron chi connectivity index (χ1n) is 21.3. The highest BCUT2D eigenvalue weighted by Gasteiger charge is 2.59. The molecule has 0 aliphatic rings. The molecule has 0 bridgehead atoms. The molecule has 18 heteroatoms. The third-order valence-electron chi connectivity index (χ3n) is 13.2. The molecule has 8 unspecified atom stereocenters. The molecule has 0 aromatic rings. The van der Waals surface area contributed by atoms with Crippen molar-refractivity contribution < 1.29 is 85.8 Å². The summed E-state index contributed by atoms with van der Waals surface area (Å²) in [6.45, 7) is 16.9. The van der Waals surface area contributed by atoms with E-state index in [1.807, 2.05) is 0 Å². The van der Waals surface area contributed by atoms with Crippen LogP contribution in [0, 0.1) is 48.7 Å². The molecule has 18 nitrogen and oxygen atoms in total. The molecule has 0 spiro atoms. The van der Waals surface area contributed by atoms with E-state index >= 15 is 0 Å². The third-order valence-corrected chi connectivity index (χ3v) is 13.2. The Labute approximate surface area is 385 Å². The van der Waals surface area contributed by atoms with Gasteiger partial charge in [-0.1, -0.05) is 6.92 Å². The molecule has 0 aromatic carbocycles. The van der Waals surface area contributed by atoms with E-state index < -0.39 is 128 Å². The summed E-state index contributed by atoms with van der Waals surface area (Å²) in [5, 5.41) is 0. The van der Waals surface area contributed by atoms with Gasteiger partial charge in [0.25, 0.3) is 0 Å². The zero-order valence-corrected chi connectivity index (χ0v) is 42.7. The molecular weight excluding hydrogens is 852 g/mol. The quantitative estimate of drug-likeness (QED) is 0.0698. The molecule has 0 aliphatic carbocycles. The zero-order chi connectivity index (χ0) is 51.4. The van der Waals surface area contributed by atoms with Crippen molar-refractivity contribution in [3.63, 3.8) is 0 Å². The van der Waals surface area contributed by atoms with E-state index in [1.165, 1.54) is 69.8 Å². The highest BCUT2D eigenvalue weighted by atomic mass is 16.6. The van der Waals surface area contributed by atoms with E-state index in [-0.39, 0.29) is 32.1 Å². The van der Waals surface area contributed by atoms with Gasteiger partial charge in [0, 0.05) is 0 Å². The molecule has 0 aromatic heterocycles. The number of rotatable bonds is 26. The average Bonchev–Trinajstić information content (AvgIpc) is 3.24. The molecule has 0 aliphatic heterocycles. The molecule has 0 N–H and O–H groups in total. The van der Waals surface area contributed by atoms with Crippen LogP contribution in [0.5, 0.6) is 0 Å². The maximum Gasteiger partial charge on any atom is 0.311 e. The highest BCUT2D eigenvalue weighted by Crippen LogP contribution is 2.56. The van der Waals surface area contributed by atoms with Gasteiger partial charge in [-0.25, -0.2) is 0 Å². The Kier molecular flexibility index (Phi) is 21.0. The molecule has 0 rings (SSSR count). The molecule has 374 valence electrons. The molecule has 65 heavy (non-hydrogen) atoms. The summed E-state index contributed by atoms with van der Waals surface area (Å²) in [5.74, 6) is -7.07. The van der Waals surface area contributed by atoms with E-state index in [2.05, 4.69) is 0 Å². The fourth-order valence-electron chi connectivity index (χ4n) is 11.1. The summed E-state index contributed by atoms with van der Waals surface area (Å²) in [6, 6.07) is 0. The van der Waals surface area contributed by atoms with Crippen molar-refractivity contribution in [2.45, 2.75) is 134 Å². The number of ether oxygens (including phenoxy) is 9. The van der Waals surface area contributed by atoms with E-state index in [1.54, 1.807) is 27.7 Å². The van der Waals surface area contributed by atoms with Gasteiger partial charge in [-0.15, -0.1) is 0 Å². The van der Waals surface area contributed by atoms with Crippen molar-refractivity contribution in [2.75, 3.05) is 64.0 Å². The lowest BCUT2D eigenvalue weighted by Crippen LogP contribution is -2.51. The maximum absolute atomic E-state index is 14.2. The van der Waals surface area contributed by atoms with Crippen LogP contribution in [-0.4, -0.2) is 118 Å². The van der Waals surface area contributed by atoms with Crippen molar-refractivity contribution in [3.8, 4) is 0 Å². The topological polar surface area (TPSA) is 237 Å². The van der Waals surface area contributed by atoms with Gasteiger partial charge < -0.3 is 42.6 Å². The van der Waals surface area contributed by atoms with E-state index in [9.17, 15) is 43.2 Å². The summed E-state index contributed by atoms with van der Waals surface area (Å²) in [7, 11) is 10.4. The Morgan fingerprint density at radius 1 is 0.246 bits per heavy atom. The standard InChI is InChI=1S/C47H78O18/c1-21-40(4,31(49)58-13)23-42(6,33(51)60-15)25-44(8,35(53)62-17)27-46(10,37(55)64-19)29-47(11,38(56)65-20)28-45(9,36(54)63-18)26-43(7,34(52)61-16)24-41(5,32(50)59-14)22-39(2,3)30(48)57-12/h21-29H2,1-20H3. The molecule has 0 fully saturated rings. The smallest absolute Gasteiger partial charge is 0.311 e. The first kappa shape index (κ1) is 60.2. The van der Waals surface area contributed by atoms with Crippen molar-refractivity contribution in [2.24, 2.45) is 48.7 Å². The second kappa shape index (κ2) is 22.6. The second-order valence-corrected chi connectivity index (χ2v) is 20.6. The van der Waals surface area contributed by atoms with Crippen LogP contribution in [-0.2, 0) is 85.8 Å². The van der Waals surface area contributed by atoms with Gasteiger partial charge in [-0.3, -0.25) is 43.2 Å². The lowest BCUT2D eigenvalue weighted by Gasteiger charge is -2.46. The van der Waals surface area contributed by atoms with Gasteiger partial charge in [0.2, 0.25) is 0 Å². The van der Waals surface area contributed by atoms with Crippen LogP contribution >= 0.6 is 0 Å². The summed E-state index contributed by atoms with van der Waals surface area (Å²) in [6.07, 6.45) is -2.44. The minimum absolute atomic E-state index is 0.136. The molecule has 0 heterocycles. The largest absolute Gasteiger partial charge is 0.469 e. The number of hydrogen-bond acceptors (Lipinski definition) is 18. The minimum Gasteiger partial charge on any atom is -0.469 e. The van der Waals surface area contributed by atoms with E-state index in [4.69, 9.17) is 42.6 Å². The van der Waals surface area contributed by atoms with E-state index in [0.717, 1.165) is 42.7 Å². The van der Waals surface area contributed by atoms with Crippen molar-refractivity contribution in [1.29, 1.82) is 0 Å². The average molecular weight is 931 g/mol. The Balaban J connectivity index is 8.06. The van der Waals surface area contributed by atoms with Crippen LogP contribution in [0.4, 0.5) is 0 Å². The Morgan fingerprint density at radius 3 is 0.538 bits per heavy atom. The summed E-state index contributed by atoms with van der Waals surface area (Å²) in [4.78, 5) is 124. The predicted molar refractivity (Wildman–Crippen MR) is 234 cm³/mol. The van der Waals surface area contributed by atoms with E-state index in [0.29, 0.717) is 0 Å². The number of carbonyl (C=O) groups excluding carboxylic acids is 9. The second-order valence-electron chi connectivity index (χ2n) is 20.6. The highest BCUT2D eigenvalue weighted by molar-refractivity contribution is 5.87. The number of hydrogen-bond donors (Lipinski definition) is 0. The van der Waals surface area contributed by atoms with Gasteiger partial charge in [-0.05, 0) is 127 Å². The molecule has 8 atom stereocenters. The third kappa shape index (κ3) is 13.9. The van der Waals surface area contributed by atoms with Gasteiger partial charge in [0.1, 0.15) is 0 Å². The molecule has 0 saturated heterocycles. The molecule has 0 amide bonds. The van der Waals surface area contributed by atoms with Gasteiger partial charge in [0.15, 0.2) is 0 Å². The number of methoxy groups -OCH3 is 9. The minimum atomic E-state index is -1.83. The van der Waals surface area contributed by atoms with Crippen LogP contribution in [0.3, 0.4) is 0 Å². The number of carbonyl (C=O) groups is 9. The predicted octanol–water partition coefficient (Wildman–Crippen LogP) is 6.15. The molecule has 0 saturated carbocycles. The van der Waals surface area contributed by atoms with Crippen LogP contribution in [0.15, 0.2) is 0 Å². The van der Waals surface area contributed by atoms with Gasteiger partial charge in [-0.2, -0.15) is 0 Å². The summed E-state index contributed by atoms with van der Waals surface area (Å²) >= 11 is 0. The summed E-state index contributed by atoms with van der Waals surface area (Å²) < 4.78 is 47.0. The summed E-state index contributed by atoms with van der Waals surface area (Å²) in [5.41, 5.74) is -14.5.